The first-order valence-corrected chi connectivity index (χ1v) is 4.70. The molecule has 0 aliphatic rings. The highest BCUT2D eigenvalue weighted by Gasteiger charge is 2.15. The second kappa shape index (κ2) is 5.48. The van der Waals surface area contributed by atoms with Crippen LogP contribution >= 0.6 is 0 Å². The Morgan fingerprint density at radius 1 is 1.39 bits per heavy atom. The van der Waals surface area contributed by atoms with Gasteiger partial charge in [0.2, 0.25) is 5.96 Å². The molecule has 0 aliphatic heterocycles. The highest BCUT2D eigenvalue weighted by atomic mass is 16.6. The minimum atomic E-state index is -0.607. The minimum absolute atomic E-state index is 0.0308. The second-order valence-electron chi connectivity index (χ2n) is 3.12. The van der Waals surface area contributed by atoms with Crippen molar-refractivity contribution < 1.29 is 9.66 Å². The SMILES string of the molecule is COc1ccc(N=C(N)N=C(N)N)c([N+](=O)[O-])c1. The number of ether oxygens (including phenoxy) is 1. The number of hydrogen-bond donors (Lipinski definition) is 3. The van der Waals surface area contributed by atoms with Crippen LogP contribution in [0.5, 0.6) is 5.75 Å². The molecule has 0 spiro atoms. The number of nitro groups is 1. The summed E-state index contributed by atoms with van der Waals surface area (Å²) in [6, 6.07) is 4.11. The van der Waals surface area contributed by atoms with Gasteiger partial charge in [-0.05, 0) is 12.1 Å². The van der Waals surface area contributed by atoms with Crippen molar-refractivity contribution >= 4 is 23.3 Å². The Labute approximate surface area is 102 Å². The van der Waals surface area contributed by atoms with E-state index in [9.17, 15) is 10.1 Å². The van der Waals surface area contributed by atoms with E-state index in [1.54, 1.807) is 0 Å². The van der Waals surface area contributed by atoms with Crippen LogP contribution in [0.1, 0.15) is 0 Å². The first kappa shape index (κ1) is 13.2. The zero-order valence-corrected chi connectivity index (χ0v) is 9.53. The predicted octanol–water partition coefficient (Wildman–Crippen LogP) is -0.177. The maximum atomic E-state index is 10.8. The summed E-state index contributed by atoms with van der Waals surface area (Å²) < 4.78 is 4.88. The third kappa shape index (κ3) is 3.33. The van der Waals surface area contributed by atoms with Gasteiger partial charge in [-0.15, -0.1) is 0 Å². The fraction of sp³-hybridized carbons (Fsp3) is 0.111. The van der Waals surface area contributed by atoms with E-state index in [0.717, 1.165) is 0 Å². The van der Waals surface area contributed by atoms with Crippen LogP contribution in [-0.4, -0.2) is 24.0 Å². The van der Waals surface area contributed by atoms with Crippen LogP contribution in [0.2, 0.25) is 0 Å². The topological polar surface area (TPSA) is 155 Å². The van der Waals surface area contributed by atoms with Gasteiger partial charge in [-0.1, -0.05) is 0 Å². The van der Waals surface area contributed by atoms with Crippen LogP contribution < -0.4 is 21.9 Å². The van der Waals surface area contributed by atoms with E-state index in [1.807, 2.05) is 0 Å². The Hall–Kier alpha value is -2.84. The summed E-state index contributed by atoms with van der Waals surface area (Å²) >= 11 is 0. The summed E-state index contributed by atoms with van der Waals surface area (Å²) in [5.41, 5.74) is 15.4. The molecule has 0 aliphatic carbocycles. The molecule has 1 aromatic rings. The lowest BCUT2D eigenvalue weighted by Crippen LogP contribution is -2.26. The number of rotatable bonds is 3. The van der Waals surface area contributed by atoms with Crippen LogP contribution in [0, 0.1) is 10.1 Å². The van der Waals surface area contributed by atoms with E-state index < -0.39 is 4.92 Å². The number of nitro benzene ring substituents is 1. The molecule has 1 rings (SSSR count). The van der Waals surface area contributed by atoms with Crippen molar-refractivity contribution in [1.29, 1.82) is 0 Å². The smallest absolute Gasteiger partial charge is 0.298 e. The Kier molecular flexibility index (Phi) is 4.02. The van der Waals surface area contributed by atoms with Crippen molar-refractivity contribution in [3.8, 4) is 5.75 Å². The summed E-state index contributed by atoms with van der Waals surface area (Å²) in [6.45, 7) is 0. The summed E-state index contributed by atoms with van der Waals surface area (Å²) in [5.74, 6) is -0.225. The lowest BCUT2D eigenvalue weighted by Gasteiger charge is -2.02. The van der Waals surface area contributed by atoms with Crippen molar-refractivity contribution in [3.05, 3.63) is 28.3 Å². The fourth-order valence-electron chi connectivity index (χ4n) is 1.15. The molecular weight excluding hydrogens is 240 g/mol. The van der Waals surface area contributed by atoms with E-state index in [1.165, 1.54) is 25.3 Å². The van der Waals surface area contributed by atoms with Crippen LogP contribution in [0.15, 0.2) is 28.2 Å². The highest BCUT2D eigenvalue weighted by molar-refractivity contribution is 5.94. The number of nitrogens with zero attached hydrogens (tertiary/aromatic N) is 3. The van der Waals surface area contributed by atoms with E-state index in [0.29, 0.717) is 5.75 Å². The number of aliphatic imine (C=N–C) groups is 2. The molecule has 0 saturated heterocycles. The molecular formula is C9H12N6O3. The number of methoxy groups -OCH3 is 1. The van der Waals surface area contributed by atoms with Gasteiger partial charge in [0.15, 0.2) is 5.96 Å². The molecule has 0 bridgehead atoms. The Balaban J connectivity index is 3.24. The van der Waals surface area contributed by atoms with Crippen molar-refractivity contribution in [2.24, 2.45) is 27.2 Å². The standard InChI is InChI=1S/C9H12N6O3/c1-18-5-2-3-6(7(4-5)15(16)17)13-9(12)14-8(10)11/h2-4H,1H3,(H6,10,11,12,13,14). The molecule has 0 atom stereocenters. The van der Waals surface area contributed by atoms with E-state index in [2.05, 4.69) is 9.98 Å². The largest absolute Gasteiger partial charge is 0.496 e. The molecule has 9 heteroatoms. The number of guanidine groups is 2. The quantitative estimate of drug-likeness (QED) is 0.293. The summed E-state index contributed by atoms with van der Waals surface area (Å²) in [4.78, 5) is 17.4. The van der Waals surface area contributed by atoms with Gasteiger partial charge in [0.05, 0.1) is 18.1 Å². The molecule has 9 nitrogen and oxygen atoms in total. The van der Waals surface area contributed by atoms with Gasteiger partial charge in [0.25, 0.3) is 5.69 Å². The molecule has 0 amide bonds. The van der Waals surface area contributed by atoms with Gasteiger partial charge in [-0.2, -0.15) is 4.99 Å². The fourth-order valence-corrected chi connectivity index (χ4v) is 1.15. The lowest BCUT2D eigenvalue weighted by atomic mass is 10.2. The lowest BCUT2D eigenvalue weighted by molar-refractivity contribution is -0.384. The molecule has 6 N–H and O–H groups in total. The first-order valence-electron chi connectivity index (χ1n) is 4.70. The van der Waals surface area contributed by atoms with Gasteiger partial charge in [-0.25, -0.2) is 4.99 Å². The Bertz CT molecular complexity index is 521. The van der Waals surface area contributed by atoms with Crippen molar-refractivity contribution in [2.45, 2.75) is 0 Å². The molecule has 18 heavy (non-hydrogen) atoms. The maximum Gasteiger partial charge on any atom is 0.298 e. The van der Waals surface area contributed by atoms with Crippen molar-refractivity contribution in [3.63, 3.8) is 0 Å². The molecule has 0 saturated carbocycles. The van der Waals surface area contributed by atoms with Gasteiger partial charge >= 0.3 is 0 Å². The van der Waals surface area contributed by atoms with Gasteiger partial charge < -0.3 is 21.9 Å². The molecule has 0 unspecified atom stereocenters. The van der Waals surface area contributed by atoms with Crippen LogP contribution in [0.4, 0.5) is 11.4 Å². The summed E-state index contributed by atoms with van der Waals surface area (Å²) in [6.07, 6.45) is 0. The van der Waals surface area contributed by atoms with E-state index in [-0.39, 0.29) is 23.3 Å². The number of benzene rings is 1. The van der Waals surface area contributed by atoms with E-state index >= 15 is 0 Å². The summed E-state index contributed by atoms with van der Waals surface area (Å²) in [7, 11) is 1.40. The predicted molar refractivity (Wildman–Crippen MR) is 66.7 cm³/mol. The second-order valence-corrected chi connectivity index (χ2v) is 3.12. The normalized spacial score (nSPS) is 10.8. The van der Waals surface area contributed by atoms with E-state index in [4.69, 9.17) is 21.9 Å². The molecule has 1 aromatic carbocycles. The van der Waals surface area contributed by atoms with Crippen LogP contribution in [0.3, 0.4) is 0 Å². The zero-order valence-electron chi connectivity index (χ0n) is 9.53. The van der Waals surface area contributed by atoms with Gasteiger partial charge in [-0.3, -0.25) is 10.1 Å². The van der Waals surface area contributed by atoms with Crippen LogP contribution in [0.25, 0.3) is 0 Å². The zero-order chi connectivity index (χ0) is 13.7. The Morgan fingerprint density at radius 2 is 2.06 bits per heavy atom. The van der Waals surface area contributed by atoms with Gasteiger partial charge in [0.1, 0.15) is 11.4 Å². The van der Waals surface area contributed by atoms with Crippen molar-refractivity contribution in [2.75, 3.05) is 7.11 Å². The van der Waals surface area contributed by atoms with Gasteiger partial charge in [0, 0.05) is 0 Å². The molecule has 0 radical (unpaired) electrons. The average Bonchev–Trinajstić information content (AvgIpc) is 2.28. The first-order chi connectivity index (χ1) is 8.43. The molecule has 0 aromatic heterocycles. The monoisotopic (exact) mass is 252 g/mol. The Morgan fingerprint density at radius 3 is 2.56 bits per heavy atom. The van der Waals surface area contributed by atoms with Crippen LogP contribution in [-0.2, 0) is 0 Å². The molecule has 96 valence electrons. The minimum Gasteiger partial charge on any atom is -0.496 e. The van der Waals surface area contributed by atoms with Crippen molar-refractivity contribution in [1.82, 2.24) is 0 Å². The highest BCUT2D eigenvalue weighted by Crippen LogP contribution is 2.31. The summed E-state index contributed by atoms with van der Waals surface area (Å²) in [5, 5.41) is 10.8. The maximum absolute atomic E-state index is 10.8. The number of nitrogens with two attached hydrogens (primary N) is 3. The average molecular weight is 252 g/mol. The molecule has 0 fully saturated rings. The number of hydrogen-bond acceptors (Lipinski definition) is 4. The third-order valence-corrected chi connectivity index (χ3v) is 1.86. The molecule has 0 heterocycles. The third-order valence-electron chi connectivity index (χ3n) is 1.86.